The van der Waals surface area contributed by atoms with E-state index in [-0.39, 0.29) is 0 Å². The van der Waals surface area contributed by atoms with Crippen LogP contribution in [0.3, 0.4) is 0 Å². The zero-order valence-corrected chi connectivity index (χ0v) is 9.85. The molecule has 0 radical (unpaired) electrons. The molecule has 0 spiro atoms. The minimum atomic E-state index is 0.473. The first-order valence-electron chi connectivity index (χ1n) is 5.55. The molecule has 1 aromatic rings. The van der Waals surface area contributed by atoms with Gasteiger partial charge in [-0.25, -0.2) is 0 Å². The Bertz CT molecular complexity index is 334. The highest BCUT2D eigenvalue weighted by molar-refractivity contribution is 6.31. The molecule has 0 aliphatic heterocycles. The van der Waals surface area contributed by atoms with Gasteiger partial charge in [0, 0.05) is 18.9 Å². The van der Waals surface area contributed by atoms with E-state index in [2.05, 4.69) is 17.2 Å². The molecule has 1 aromatic heterocycles. The summed E-state index contributed by atoms with van der Waals surface area (Å²) in [7, 11) is 0. The molecule has 1 N–H and O–H groups in total. The summed E-state index contributed by atoms with van der Waals surface area (Å²) in [6.07, 6.45) is 7.28. The van der Waals surface area contributed by atoms with E-state index in [9.17, 15) is 0 Å². The second-order valence-corrected chi connectivity index (χ2v) is 4.83. The Labute approximate surface area is 96.1 Å². The predicted molar refractivity (Wildman–Crippen MR) is 63.2 cm³/mol. The van der Waals surface area contributed by atoms with Crippen molar-refractivity contribution in [3.05, 3.63) is 29.0 Å². The number of nitrogens with one attached hydrogen (secondary N) is 1. The van der Waals surface area contributed by atoms with Crippen molar-refractivity contribution < 1.29 is 0 Å². The van der Waals surface area contributed by atoms with E-state index in [1.807, 2.05) is 12.3 Å². The third-order valence-electron chi connectivity index (χ3n) is 3.13. The number of nitrogens with zero attached hydrogens (tertiary/aromatic N) is 1. The lowest BCUT2D eigenvalue weighted by Gasteiger charge is -2.16. The molecule has 0 amide bonds. The second-order valence-electron chi connectivity index (χ2n) is 4.42. The Morgan fingerprint density at radius 2 is 2.33 bits per heavy atom. The van der Waals surface area contributed by atoms with E-state index in [0.29, 0.717) is 5.41 Å². The molecule has 0 unspecified atom stereocenters. The molecule has 0 atom stereocenters. The minimum absolute atomic E-state index is 0.473. The first-order chi connectivity index (χ1) is 7.26. The predicted octanol–water partition coefficient (Wildman–Crippen LogP) is 2.67. The molecule has 1 aliphatic carbocycles. The van der Waals surface area contributed by atoms with Crippen LogP contribution >= 0.6 is 11.6 Å². The SMILES string of the molecule is CCNCC1(Cc2ccncc2Cl)CC1. The van der Waals surface area contributed by atoms with Gasteiger partial charge in [-0.05, 0) is 42.9 Å². The van der Waals surface area contributed by atoms with Gasteiger partial charge in [0.15, 0.2) is 0 Å². The first-order valence-corrected chi connectivity index (χ1v) is 5.93. The van der Waals surface area contributed by atoms with Crippen molar-refractivity contribution in [3.63, 3.8) is 0 Å². The summed E-state index contributed by atoms with van der Waals surface area (Å²) in [6.45, 7) is 4.31. The van der Waals surface area contributed by atoms with Crippen molar-refractivity contribution in [2.24, 2.45) is 5.41 Å². The van der Waals surface area contributed by atoms with Gasteiger partial charge >= 0.3 is 0 Å². The van der Waals surface area contributed by atoms with E-state index in [1.165, 1.54) is 18.4 Å². The Balaban J connectivity index is 1.99. The van der Waals surface area contributed by atoms with Crippen molar-refractivity contribution in [1.29, 1.82) is 0 Å². The summed E-state index contributed by atoms with van der Waals surface area (Å²) in [4.78, 5) is 4.01. The van der Waals surface area contributed by atoms with Crippen LogP contribution in [0.15, 0.2) is 18.5 Å². The van der Waals surface area contributed by atoms with Gasteiger partial charge in [-0.2, -0.15) is 0 Å². The van der Waals surface area contributed by atoms with E-state index >= 15 is 0 Å². The summed E-state index contributed by atoms with van der Waals surface area (Å²) < 4.78 is 0. The average molecular weight is 225 g/mol. The molecule has 1 aliphatic rings. The molecular weight excluding hydrogens is 208 g/mol. The smallest absolute Gasteiger partial charge is 0.0621 e. The molecular formula is C12H17ClN2. The van der Waals surface area contributed by atoms with Gasteiger partial charge in [-0.3, -0.25) is 4.98 Å². The molecule has 2 nitrogen and oxygen atoms in total. The largest absolute Gasteiger partial charge is 0.316 e. The zero-order valence-electron chi connectivity index (χ0n) is 9.09. The van der Waals surface area contributed by atoms with Crippen molar-refractivity contribution in [2.75, 3.05) is 13.1 Å². The average Bonchev–Trinajstić information content (AvgIpc) is 3.00. The van der Waals surface area contributed by atoms with Crippen LogP contribution in [-0.2, 0) is 6.42 Å². The summed E-state index contributed by atoms with van der Waals surface area (Å²) in [6, 6.07) is 2.04. The van der Waals surface area contributed by atoms with E-state index < -0.39 is 0 Å². The number of hydrogen-bond donors (Lipinski definition) is 1. The van der Waals surface area contributed by atoms with E-state index in [4.69, 9.17) is 11.6 Å². The van der Waals surface area contributed by atoms with E-state index in [0.717, 1.165) is 24.5 Å². The molecule has 2 rings (SSSR count). The topological polar surface area (TPSA) is 24.9 Å². The van der Waals surface area contributed by atoms with Gasteiger partial charge in [-0.15, -0.1) is 0 Å². The molecule has 1 fully saturated rings. The second kappa shape index (κ2) is 4.50. The van der Waals surface area contributed by atoms with Gasteiger partial charge in [-0.1, -0.05) is 18.5 Å². The van der Waals surface area contributed by atoms with Crippen LogP contribution in [0.25, 0.3) is 0 Å². The maximum atomic E-state index is 6.11. The standard InChI is InChI=1S/C12H17ClN2/c1-2-14-9-12(4-5-12)7-10-3-6-15-8-11(10)13/h3,6,8,14H,2,4-5,7,9H2,1H3. The van der Waals surface area contributed by atoms with Crippen molar-refractivity contribution in [3.8, 4) is 0 Å². The van der Waals surface area contributed by atoms with Crippen LogP contribution in [0.2, 0.25) is 5.02 Å². The highest BCUT2D eigenvalue weighted by atomic mass is 35.5. The highest BCUT2D eigenvalue weighted by Gasteiger charge is 2.42. The molecule has 82 valence electrons. The van der Waals surface area contributed by atoms with Gasteiger partial charge in [0.1, 0.15) is 0 Å². The Morgan fingerprint density at radius 3 is 2.93 bits per heavy atom. The number of pyridine rings is 1. The maximum absolute atomic E-state index is 6.11. The van der Waals surface area contributed by atoms with Gasteiger partial charge in [0.05, 0.1) is 5.02 Å². The molecule has 0 saturated heterocycles. The van der Waals surface area contributed by atoms with Gasteiger partial charge in [0.2, 0.25) is 0 Å². The van der Waals surface area contributed by atoms with Crippen molar-refractivity contribution >= 4 is 11.6 Å². The molecule has 1 saturated carbocycles. The van der Waals surface area contributed by atoms with E-state index in [1.54, 1.807) is 6.20 Å². The van der Waals surface area contributed by atoms with Crippen molar-refractivity contribution in [1.82, 2.24) is 10.3 Å². The number of aromatic nitrogens is 1. The molecule has 15 heavy (non-hydrogen) atoms. The van der Waals surface area contributed by atoms with Crippen LogP contribution in [0.5, 0.6) is 0 Å². The van der Waals surface area contributed by atoms with Crippen LogP contribution in [0, 0.1) is 5.41 Å². The summed E-state index contributed by atoms with van der Waals surface area (Å²) in [5.74, 6) is 0. The number of rotatable bonds is 5. The molecule has 0 aromatic carbocycles. The fourth-order valence-corrected chi connectivity index (χ4v) is 2.12. The van der Waals surface area contributed by atoms with Crippen LogP contribution in [0.4, 0.5) is 0 Å². The van der Waals surface area contributed by atoms with Gasteiger partial charge in [0.25, 0.3) is 0 Å². The summed E-state index contributed by atoms with van der Waals surface area (Å²) in [5, 5.41) is 4.24. The van der Waals surface area contributed by atoms with Crippen LogP contribution in [-0.4, -0.2) is 18.1 Å². The van der Waals surface area contributed by atoms with Crippen LogP contribution < -0.4 is 5.32 Å². The quantitative estimate of drug-likeness (QED) is 0.832. The molecule has 1 heterocycles. The van der Waals surface area contributed by atoms with Crippen LogP contribution in [0.1, 0.15) is 25.3 Å². The maximum Gasteiger partial charge on any atom is 0.0621 e. The first kappa shape index (κ1) is 10.9. The summed E-state index contributed by atoms with van der Waals surface area (Å²) in [5.41, 5.74) is 1.71. The van der Waals surface area contributed by atoms with Crippen molar-refractivity contribution in [2.45, 2.75) is 26.2 Å². The Morgan fingerprint density at radius 1 is 1.53 bits per heavy atom. The lowest BCUT2D eigenvalue weighted by molar-refractivity contribution is 0.463. The Kier molecular flexibility index (Phi) is 3.27. The third kappa shape index (κ3) is 2.70. The number of hydrogen-bond acceptors (Lipinski definition) is 2. The Hall–Kier alpha value is -0.600. The zero-order chi connectivity index (χ0) is 10.7. The lowest BCUT2D eigenvalue weighted by Crippen LogP contribution is -2.25. The number of halogens is 1. The lowest BCUT2D eigenvalue weighted by atomic mass is 9.97. The third-order valence-corrected chi connectivity index (χ3v) is 3.47. The fraction of sp³-hybridized carbons (Fsp3) is 0.583. The normalized spacial score (nSPS) is 17.7. The highest BCUT2D eigenvalue weighted by Crippen LogP contribution is 2.48. The molecule has 3 heteroatoms. The fourth-order valence-electron chi connectivity index (χ4n) is 1.93. The minimum Gasteiger partial charge on any atom is -0.316 e. The molecule has 0 bridgehead atoms. The monoisotopic (exact) mass is 224 g/mol. The van der Waals surface area contributed by atoms with Gasteiger partial charge < -0.3 is 5.32 Å². The summed E-state index contributed by atoms with van der Waals surface area (Å²) >= 11 is 6.11.